The molecule has 2 N–H and O–H groups in total. The van der Waals surface area contributed by atoms with Gasteiger partial charge in [0.05, 0.1) is 0 Å². The van der Waals surface area contributed by atoms with E-state index in [-0.39, 0.29) is 11.4 Å². The largest absolute Gasteiger partial charge is 0.383 e. The Morgan fingerprint density at radius 1 is 1.46 bits per heavy atom. The van der Waals surface area contributed by atoms with Crippen LogP contribution in [0.15, 0.2) is 0 Å². The van der Waals surface area contributed by atoms with E-state index in [2.05, 4.69) is 5.32 Å². The average Bonchev–Trinajstić information content (AvgIpc) is 1.96. The lowest BCUT2D eigenvalue weighted by atomic mass is 10.1. The number of amides is 1. The second kappa shape index (κ2) is 5.22. The Hall–Kier alpha value is -0.570. The normalized spacial score (nSPS) is 13.9. The summed E-state index contributed by atoms with van der Waals surface area (Å²) in [5.41, 5.74) is -0.260. The molecule has 78 valence electrons. The predicted molar refractivity (Wildman–Crippen MR) is 53.4 cm³/mol. The molecule has 0 saturated carbocycles. The molecule has 3 heteroatoms. The molecule has 0 aliphatic carbocycles. The van der Waals surface area contributed by atoms with Crippen LogP contribution in [0.1, 0.15) is 47.0 Å². The Kier molecular flexibility index (Phi) is 4.99. The molecule has 0 aromatic carbocycles. The van der Waals surface area contributed by atoms with Crippen molar-refractivity contribution < 1.29 is 9.90 Å². The van der Waals surface area contributed by atoms with E-state index in [1.165, 1.54) is 0 Å². The molecule has 0 heterocycles. The fourth-order valence-electron chi connectivity index (χ4n) is 0.981. The third kappa shape index (κ3) is 6.58. The maximum Gasteiger partial charge on any atom is 0.249 e. The number of aliphatic hydroxyl groups excluding tert-OH is 1. The van der Waals surface area contributed by atoms with E-state index in [9.17, 15) is 9.90 Å². The first kappa shape index (κ1) is 12.4. The van der Waals surface area contributed by atoms with Crippen molar-refractivity contribution in [3.63, 3.8) is 0 Å². The first-order valence-electron chi connectivity index (χ1n) is 4.87. The van der Waals surface area contributed by atoms with Crippen molar-refractivity contribution in [2.45, 2.75) is 58.6 Å². The Morgan fingerprint density at radius 2 is 2.00 bits per heavy atom. The summed E-state index contributed by atoms with van der Waals surface area (Å²) in [6, 6.07) is 0. The number of carbonyl (C=O) groups excluding carboxylic acids is 1. The van der Waals surface area contributed by atoms with Crippen LogP contribution in [0.4, 0.5) is 0 Å². The first-order chi connectivity index (χ1) is 5.87. The highest BCUT2D eigenvalue weighted by atomic mass is 16.3. The smallest absolute Gasteiger partial charge is 0.249 e. The van der Waals surface area contributed by atoms with Gasteiger partial charge in [-0.1, -0.05) is 19.8 Å². The van der Waals surface area contributed by atoms with Crippen LogP contribution < -0.4 is 5.32 Å². The quantitative estimate of drug-likeness (QED) is 0.700. The molecule has 0 radical (unpaired) electrons. The topological polar surface area (TPSA) is 49.3 Å². The van der Waals surface area contributed by atoms with Crippen LogP contribution in [0.5, 0.6) is 0 Å². The number of hydrogen-bond donors (Lipinski definition) is 2. The van der Waals surface area contributed by atoms with Crippen LogP contribution in [0, 0.1) is 0 Å². The van der Waals surface area contributed by atoms with E-state index >= 15 is 0 Å². The summed E-state index contributed by atoms with van der Waals surface area (Å²) in [6.45, 7) is 7.74. The maximum atomic E-state index is 11.3. The van der Waals surface area contributed by atoms with Crippen molar-refractivity contribution in [3.8, 4) is 0 Å². The molecule has 0 fully saturated rings. The minimum Gasteiger partial charge on any atom is -0.383 e. The Labute approximate surface area is 80.5 Å². The molecular weight excluding hydrogens is 166 g/mol. The van der Waals surface area contributed by atoms with Gasteiger partial charge in [-0.25, -0.2) is 0 Å². The molecule has 1 atom stereocenters. The highest BCUT2D eigenvalue weighted by Gasteiger charge is 2.19. The van der Waals surface area contributed by atoms with Gasteiger partial charge in [0, 0.05) is 5.54 Å². The number of aliphatic hydroxyl groups is 1. The fraction of sp³-hybridized carbons (Fsp3) is 0.900. The van der Waals surface area contributed by atoms with Crippen molar-refractivity contribution in [2.75, 3.05) is 0 Å². The van der Waals surface area contributed by atoms with Gasteiger partial charge in [-0.3, -0.25) is 4.79 Å². The lowest BCUT2D eigenvalue weighted by Crippen LogP contribution is -2.45. The van der Waals surface area contributed by atoms with Gasteiger partial charge in [-0.2, -0.15) is 0 Å². The fourth-order valence-corrected chi connectivity index (χ4v) is 0.981. The molecular formula is C10H21NO2. The van der Waals surface area contributed by atoms with Crippen LogP contribution in [0.2, 0.25) is 0 Å². The zero-order valence-electron chi connectivity index (χ0n) is 9.05. The Bertz CT molecular complexity index is 161. The molecule has 1 unspecified atom stereocenters. The van der Waals surface area contributed by atoms with Crippen molar-refractivity contribution in [1.29, 1.82) is 0 Å². The predicted octanol–water partition coefficient (Wildman–Crippen LogP) is 1.45. The number of rotatable bonds is 4. The standard InChI is InChI=1S/C10H21NO2/c1-5-6-7-8(12)9(13)11-10(2,3)4/h8,12H,5-7H2,1-4H3,(H,11,13). The van der Waals surface area contributed by atoms with E-state index in [0.29, 0.717) is 6.42 Å². The highest BCUT2D eigenvalue weighted by Crippen LogP contribution is 2.04. The van der Waals surface area contributed by atoms with E-state index in [0.717, 1.165) is 12.8 Å². The third-order valence-corrected chi connectivity index (χ3v) is 1.63. The summed E-state index contributed by atoms with van der Waals surface area (Å²) in [6.07, 6.45) is 1.59. The van der Waals surface area contributed by atoms with Crippen molar-refractivity contribution in [2.24, 2.45) is 0 Å². The molecule has 0 aliphatic heterocycles. The van der Waals surface area contributed by atoms with Gasteiger partial charge in [0.25, 0.3) is 0 Å². The number of nitrogens with one attached hydrogen (secondary N) is 1. The van der Waals surface area contributed by atoms with Crippen LogP contribution in [-0.2, 0) is 4.79 Å². The van der Waals surface area contributed by atoms with Gasteiger partial charge in [0.2, 0.25) is 5.91 Å². The molecule has 1 amide bonds. The third-order valence-electron chi connectivity index (χ3n) is 1.63. The van der Waals surface area contributed by atoms with Crippen LogP contribution in [0.3, 0.4) is 0 Å². The number of carbonyl (C=O) groups is 1. The Balaban J connectivity index is 3.83. The van der Waals surface area contributed by atoms with Gasteiger partial charge in [0.1, 0.15) is 6.10 Å². The molecule has 0 aromatic heterocycles. The van der Waals surface area contributed by atoms with E-state index in [1.807, 2.05) is 27.7 Å². The second-order valence-corrected chi connectivity index (χ2v) is 4.40. The van der Waals surface area contributed by atoms with Gasteiger partial charge in [0.15, 0.2) is 0 Å². The van der Waals surface area contributed by atoms with Crippen LogP contribution in [0.25, 0.3) is 0 Å². The van der Waals surface area contributed by atoms with E-state index in [4.69, 9.17) is 0 Å². The molecule has 0 aromatic rings. The SMILES string of the molecule is CCCCC(O)C(=O)NC(C)(C)C. The van der Waals surface area contributed by atoms with Gasteiger partial charge in [-0.05, 0) is 27.2 Å². The van der Waals surface area contributed by atoms with Gasteiger partial charge < -0.3 is 10.4 Å². The summed E-state index contributed by atoms with van der Waals surface area (Å²) < 4.78 is 0. The van der Waals surface area contributed by atoms with Gasteiger partial charge >= 0.3 is 0 Å². The summed E-state index contributed by atoms with van der Waals surface area (Å²) in [5, 5.41) is 12.1. The van der Waals surface area contributed by atoms with Crippen molar-refractivity contribution >= 4 is 5.91 Å². The zero-order valence-corrected chi connectivity index (χ0v) is 9.05. The van der Waals surface area contributed by atoms with E-state index < -0.39 is 6.10 Å². The zero-order chi connectivity index (χ0) is 10.5. The molecule has 0 saturated heterocycles. The molecule has 0 bridgehead atoms. The van der Waals surface area contributed by atoms with Crippen molar-refractivity contribution in [1.82, 2.24) is 5.32 Å². The molecule has 0 rings (SSSR count). The lowest BCUT2D eigenvalue weighted by molar-refractivity contribution is -0.131. The highest BCUT2D eigenvalue weighted by molar-refractivity contribution is 5.81. The molecule has 0 spiro atoms. The summed E-state index contributed by atoms with van der Waals surface area (Å²) in [7, 11) is 0. The van der Waals surface area contributed by atoms with Crippen LogP contribution in [-0.4, -0.2) is 22.7 Å². The van der Waals surface area contributed by atoms with E-state index in [1.54, 1.807) is 0 Å². The summed E-state index contributed by atoms with van der Waals surface area (Å²) in [4.78, 5) is 11.3. The number of hydrogen-bond acceptors (Lipinski definition) is 2. The van der Waals surface area contributed by atoms with Crippen molar-refractivity contribution in [3.05, 3.63) is 0 Å². The molecule has 0 aliphatic rings. The number of unbranched alkanes of at least 4 members (excludes halogenated alkanes) is 1. The van der Waals surface area contributed by atoms with Crippen LogP contribution >= 0.6 is 0 Å². The maximum absolute atomic E-state index is 11.3. The Morgan fingerprint density at radius 3 is 2.38 bits per heavy atom. The lowest BCUT2D eigenvalue weighted by Gasteiger charge is -2.22. The summed E-state index contributed by atoms with van der Waals surface area (Å²) >= 11 is 0. The second-order valence-electron chi connectivity index (χ2n) is 4.40. The average molecular weight is 187 g/mol. The molecule has 13 heavy (non-hydrogen) atoms. The first-order valence-corrected chi connectivity index (χ1v) is 4.87. The molecule has 3 nitrogen and oxygen atoms in total. The van der Waals surface area contributed by atoms with Gasteiger partial charge in [-0.15, -0.1) is 0 Å². The minimum atomic E-state index is -0.848. The summed E-state index contributed by atoms with van der Waals surface area (Å²) in [5.74, 6) is -0.263. The minimum absolute atomic E-state index is 0.260. The monoisotopic (exact) mass is 187 g/mol.